The lowest BCUT2D eigenvalue weighted by Crippen LogP contribution is -2.37. The molecule has 2 aromatic carbocycles. The summed E-state index contributed by atoms with van der Waals surface area (Å²) in [7, 11) is 0. The van der Waals surface area contributed by atoms with Crippen LogP contribution in [0.5, 0.6) is 0 Å². The third kappa shape index (κ3) is 3.04. The zero-order chi connectivity index (χ0) is 21.8. The fourth-order valence-electron chi connectivity index (χ4n) is 3.95. The average molecular weight is 414 g/mol. The van der Waals surface area contributed by atoms with Crippen molar-refractivity contribution in [1.29, 1.82) is 0 Å². The van der Waals surface area contributed by atoms with Crippen LogP contribution in [-0.2, 0) is 10.2 Å². The SMILES string of the molecule is CC1(C)CN(C(=O)c2cc(F)c(F)cc2F)C=C(C(=O)O)c2[nH]c3ccccc3c21. The third-order valence-electron chi connectivity index (χ3n) is 5.23. The molecule has 0 bridgehead atoms. The Labute approximate surface area is 169 Å². The second-order valence-corrected chi connectivity index (χ2v) is 7.83. The first-order valence-electron chi connectivity index (χ1n) is 9.12. The molecule has 30 heavy (non-hydrogen) atoms. The summed E-state index contributed by atoms with van der Waals surface area (Å²) >= 11 is 0. The van der Waals surface area contributed by atoms with E-state index in [0.717, 1.165) is 22.0 Å². The first kappa shape index (κ1) is 19.8. The van der Waals surface area contributed by atoms with Gasteiger partial charge < -0.3 is 15.0 Å². The third-order valence-corrected chi connectivity index (χ3v) is 5.23. The molecule has 0 aliphatic carbocycles. The van der Waals surface area contributed by atoms with Gasteiger partial charge in [0.1, 0.15) is 5.82 Å². The number of fused-ring (bicyclic) bond motifs is 3. The van der Waals surface area contributed by atoms with Crippen molar-refractivity contribution in [3.05, 3.63) is 76.9 Å². The lowest BCUT2D eigenvalue weighted by Gasteiger charge is -2.29. The van der Waals surface area contributed by atoms with Gasteiger partial charge in [0, 0.05) is 35.1 Å². The minimum Gasteiger partial charge on any atom is -0.478 e. The predicted octanol–water partition coefficient (Wildman–Crippen LogP) is 4.44. The molecule has 4 rings (SSSR count). The summed E-state index contributed by atoms with van der Waals surface area (Å²) in [4.78, 5) is 29.1. The van der Waals surface area contributed by atoms with Crippen molar-refractivity contribution in [2.75, 3.05) is 6.54 Å². The Morgan fingerprint density at radius 2 is 1.73 bits per heavy atom. The molecule has 0 unspecified atom stereocenters. The molecule has 8 heteroatoms. The van der Waals surface area contributed by atoms with Gasteiger partial charge >= 0.3 is 5.97 Å². The number of aromatic amines is 1. The average Bonchev–Trinajstić information content (AvgIpc) is 3.01. The predicted molar refractivity (Wildman–Crippen MR) is 104 cm³/mol. The van der Waals surface area contributed by atoms with Crippen molar-refractivity contribution in [1.82, 2.24) is 9.88 Å². The van der Waals surface area contributed by atoms with Crippen LogP contribution in [0.15, 0.2) is 42.6 Å². The van der Waals surface area contributed by atoms with Gasteiger partial charge in [-0.25, -0.2) is 18.0 Å². The molecule has 0 saturated heterocycles. The van der Waals surface area contributed by atoms with Crippen LogP contribution in [0, 0.1) is 17.5 Å². The maximum atomic E-state index is 14.2. The molecule has 0 fully saturated rings. The number of hydrogen-bond donors (Lipinski definition) is 2. The van der Waals surface area contributed by atoms with Gasteiger partial charge in [0.05, 0.1) is 16.8 Å². The minimum absolute atomic E-state index is 0.00407. The molecule has 0 atom stereocenters. The van der Waals surface area contributed by atoms with Crippen LogP contribution >= 0.6 is 0 Å². The maximum Gasteiger partial charge on any atom is 0.339 e. The fourth-order valence-corrected chi connectivity index (χ4v) is 3.95. The van der Waals surface area contributed by atoms with E-state index in [0.29, 0.717) is 23.4 Å². The number of amides is 1. The number of rotatable bonds is 2. The van der Waals surface area contributed by atoms with Gasteiger partial charge in [0.2, 0.25) is 0 Å². The molecule has 1 aliphatic rings. The Bertz CT molecular complexity index is 1240. The summed E-state index contributed by atoms with van der Waals surface area (Å²) in [6, 6.07) is 8.08. The Morgan fingerprint density at radius 3 is 2.43 bits per heavy atom. The highest BCUT2D eigenvalue weighted by atomic mass is 19.2. The van der Waals surface area contributed by atoms with Crippen LogP contribution in [0.3, 0.4) is 0 Å². The first-order valence-corrected chi connectivity index (χ1v) is 9.12. The fraction of sp³-hybridized carbons (Fsp3) is 0.182. The Hall–Kier alpha value is -3.55. The van der Waals surface area contributed by atoms with Crippen LogP contribution < -0.4 is 0 Å². The molecule has 2 N–H and O–H groups in total. The number of carbonyl (C=O) groups excluding carboxylic acids is 1. The molecule has 2 heterocycles. The summed E-state index contributed by atoms with van der Waals surface area (Å²) in [5, 5.41) is 10.6. The number of carboxylic acids is 1. The van der Waals surface area contributed by atoms with E-state index in [-0.39, 0.29) is 12.1 Å². The van der Waals surface area contributed by atoms with E-state index in [1.54, 1.807) is 0 Å². The molecule has 3 aromatic rings. The normalized spacial score (nSPS) is 15.5. The van der Waals surface area contributed by atoms with Gasteiger partial charge in [0.25, 0.3) is 5.91 Å². The van der Waals surface area contributed by atoms with Crippen molar-refractivity contribution >= 4 is 28.4 Å². The van der Waals surface area contributed by atoms with Gasteiger partial charge in [-0.15, -0.1) is 0 Å². The maximum absolute atomic E-state index is 14.2. The number of nitrogens with one attached hydrogen (secondary N) is 1. The molecule has 154 valence electrons. The number of benzene rings is 2. The number of aromatic nitrogens is 1. The van der Waals surface area contributed by atoms with Crippen molar-refractivity contribution in [3.63, 3.8) is 0 Å². The van der Waals surface area contributed by atoms with Crippen LogP contribution in [-0.4, -0.2) is 33.4 Å². The van der Waals surface area contributed by atoms with E-state index >= 15 is 0 Å². The smallest absolute Gasteiger partial charge is 0.339 e. The van der Waals surface area contributed by atoms with Crippen molar-refractivity contribution in [2.24, 2.45) is 0 Å². The van der Waals surface area contributed by atoms with Crippen molar-refractivity contribution < 1.29 is 27.9 Å². The second kappa shape index (κ2) is 6.76. The minimum atomic E-state index is -1.41. The first-order chi connectivity index (χ1) is 14.1. The molecule has 1 aliphatic heterocycles. The van der Waals surface area contributed by atoms with Crippen LogP contribution in [0.25, 0.3) is 16.5 Å². The summed E-state index contributed by atoms with van der Waals surface area (Å²) in [5.74, 6) is -6.26. The molecular formula is C22H17F3N2O3. The number of hydrogen-bond acceptors (Lipinski definition) is 2. The monoisotopic (exact) mass is 414 g/mol. The molecule has 1 aromatic heterocycles. The molecule has 0 saturated carbocycles. The molecular weight excluding hydrogens is 397 g/mol. The summed E-state index contributed by atoms with van der Waals surface area (Å²) in [6.07, 6.45) is 1.11. The van der Waals surface area contributed by atoms with Gasteiger partial charge in [-0.1, -0.05) is 32.0 Å². The van der Waals surface area contributed by atoms with E-state index in [9.17, 15) is 27.9 Å². The van der Waals surface area contributed by atoms with Crippen LogP contribution in [0.2, 0.25) is 0 Å². The van der Waals surface area contributed by atoms with Gasteiger partial charge in [-0.3, -0.25) is 4.79 Å². The second-order valence-electron chi connectivity index (χ2n) is 7.83. The number of halogens is 3. The zero-order valence-electron chi connectivity index (χ0n) is 16.1. The van der Waals surface area contributed by atoms with E-state index in [1.807, 2.05) is 38.1 Å². The zero-order valence-corrected chi connectivity index (χ0v) is 16.1. The topological polar surface area (TPSA) is 73.4 Å². The van der Waals surface area contributed by atoms with Crippen molar-refractivity contribution in [3.8, 4) is 0 Å². The highest BCUT2D eigenvalue weighted by molar-refractivity contribution is 6.17. The van der Waals surface area contributed by atoms with Gasteiger partial charge in [-0.05, 0) is 17.7 Å². The highest BCUT2D eigenvalue weighted by Gasteiger charge is 2.37. The Morgan fingerprint density at radius 1 is 1.07 bits per heavy atom. The summed E-state index contributed by atoms with van der Waals surface area (Å²) in [6.45, 7) is 3.65. The lowest BCUT2D eigenvalue weighted by atomic mass is 9.81. The standard InChI is InChI=1S/C22H17F3N2O3/c1-22(2)10-27(20(28)12-7-15(24)16(25)8-14(12)23)9-13(21(29)30)19-18(22)11-5-3-4-6-17(11)26-19/h3-9,26H,10H2,1-2H3,(H,29,30). The largest absolute Gasteiger partial charge is 0.478 e. The number of nitrogens with zero attached hydrogens (tertiary/aromatic N) is 1. The number of carboxylic acid groups (broad SMARTS) is 1. The Kier molecular flexibility index (Phi) is 4.45. The van der Waals surface area contributed by atoms with E-state index in [1.165, 1.54) is 0 Å². The quantitative estimate of drug-likeness (QED) is 0.609. The van der Waals surface area contributed by atoms with E-state index in [4.69, 9.17) is 0 Å². The van der Waals surface area contributed by atoms with Gasteiger partial charge in [0.15, 0.2) is 11.6 Å². The summed E-state index contributed by atoms with van der Waals surface area (Å²) in [5.41, 5.74) is 0.175. The van der Waals surface area contributed by atoms with Gasteiger partial charge in [-0.2, -0.15) is 0 Å². The lowest BCUT2D eigenvalue weighted by molar-refractivity contribution is -0.130. The van der Waals surface area contributed by atoms with Crippen molar-refractivity contribution in [2.45, 2.75) is 19.3 Å². The number of H-pyrrole nitrogens is 1. The van der Waals surface area contributed by atoms with Crippen LogP contribution in [0.4, 0.5) is 13.2 Å². The Balaban J connectivity index is 1.90. The molecule has 0 radical (unpaired) electrons. The molecule has 0 spiro atoms. The summed E-state index contributed by atoms with van der Waals surface area (Å²) < 4.78 is 41.1. The molecule has 1 amide bonds. The number of para-hydroxylation sites is 1. The van der Waals surface area contributed by atoms with E-state index < -0.39 is 40.3 Å². The highest BCUT2D eigenvalue weighted by Crippen LogP contribution is 2.40. The number of carbonyl (C=O) groups is 2. The van der Waals surface area contributed by atoms with E-state index in [2.05, 4.69) is 4.98 Å². The number of aliphatic carboxylic acids is 1. The van der Waals surface area contributed by atoms with Crippen LogP contribution in [0.1, 0.15) is 35.5 Å². The molecule has 5 nitrogen and oxygen atoms in total.